The Balaban J connectivity index is 1.88. The quantitative estimate of drug-likeness (QED) is 0.846. The molecular weight excluding hydrogens is 218 g/mol. The average Bonchev–Trinajstić information content (AvgIpc) is 2.82. The number of nitrogens with two attached hydrogens (primary N) is 1. The molecule has 3 nitrogen and oxygen atoms in total. The lowest BCUT2D eigenvalue weighted by Crippen LogP contribution is -2.10. The highest BCUT2D eigenvalue weighted by atomic mass is 32.1. The summed E-state index contributed by atoms with van der Waals surface area (Å²) in [5.41, 5.74) is 6.30. The zero-order valence-corrected chi connectivity index (χ0v) is 10.3. The minimum absolute atomic E-state index is 0.592. The Hall–Kier alpha value is -1.21. The van der Waals surface area contributed by atoms with Crippen LogP contribution in [0.5, 0.6) is 0 Å². The summed E-state index contributed by atoms with van der Waals surface area (Å²) in [6.07, 6.45) is 3.99. The van der Waals surface area contributed by atoms with E-state index in [-0.39, 0.29) is 0 Å². The maximum absolute atomic E-state index is 8.80. The molecular formula is C12H17N3S. The van der Waals surface area contributed by atoms with Crippen LogP contribution in [0.4, 0.5) is 10.7 Å². The zero-order valence-electron chi connectivity index (χ0n) is 9.49. The fraction of sp³-hybridized carbons (Fsp3) is 0.583. The van der Waals surface area contributed by atoms with Crippen LogP contribution in [0, 0.1) is 23.2 Å². The predicted octanol–water partition coefficient (Wildman–Crippen LogP) is 3.05. The van der Waals surface area contributed by atoms with Crippen molar-refractivity contribution in [2.45, 2.75) is 26.2 Å². The van der Waals surface area contributed by atoms with Crippen LogP contribution in [0.15, 0.2) is 6.07 Å². The maximum Gasteiger partial charge on any atom is 0.129 e. The number of nitrogens with one attached hydrogen (secondary N) is 1. The standard InChI is InChI=1S/C12H17N3S/c1-8-2-3-9(4-8)7-15-12-5-10(14)11(6-13)16-12/h5,8-9,15H,2-4,7,14H2,1H3. The van der Waals surface area contributed by atoms with Crippen molar-refractivity contribution in [2.24, 2.45) is 11.8 Å². The highest BCUT2D eigenvalue weighted by molar-refractivity contribution is 7.17. The maximum atomic E-state index is 8.80. The number of rotatable bonds is 3. The minimum atomic E-state index is 0.592. The average molecular weight is 235 g/mol. The third-order valence-electron chi connectivity index (χ3n) is 3.23. The van der Waals surface area contributed by atoms with E-state index < -0.39 is 0 Å². The van der Waals surface area contributed by atoms with E-state index in [4.69, 9.17) is 11.0 Å². The van der Waals surface area contributed by atoms with Gasteiger partial charge in [-0.15, -0.1) is 11.3 Å². The van der Waals surface area contributed by atoms with Gasteiger partial charge in [0.2, 0.25) is 0 Å². The lowest BCUT2D eigenvalue weighted by atomic mass is 10.1. The van der Waals surface area contributed by atoms with E-state index in [1.54, 1.807) is 0 Å². The molecule has 1 aromatic rings. The van der Waals surface area contributed by atoms with Crippen LogP contribution in [0.1, 0.15) is 31.1 Å². The van der Waals surface area contributed by atoms with Gasteiger partial charge in [0.15, 0.2) is 0 Å². The fourth-order valence-electron chi connectivity index (χ4n) is 2.33. The van der Waals surface area contributed by atoms with Gasteiger partial charge in [-0.25, -0.2) is 0 Å². The summed E-state index contributed by atoms with van der Waals surface area (Å²) in [4.78, 5) is 0.613. The molecule has 0 aromatic carbocycles. The molecule has 2 unspecified atom stereocenters. The van der Waals surface area contributed by atoms with Crippen molar-refractivity contribution in [3.05, 3.63) is 10.9 Å². The molecule has 4 heteroatoms. The first-order chi connectivity index (χ1) is 7.69. The Bertz CT molecular complexity index is 405. The molecule has 0 aliphatic heterocycles. The molecule has 1 fully saturated rings. The summed E-state index contributed by atoms with van der Waals surface area (Å²) in [5, 5.41) is 13.2. The number of hydrogen-bond acceptors (Lipinski definition) is 4. The van der Waals surface area contributed by atoms with Gasteiger partial charge >= 0.3 is 0 Å². The first kappa shape index (κ1) is 11.3. The predicted molar refractivity (Wildman–Crippen MR) is 68.4 cm³/mol. The summed E-state index contributed by atoms with van der Waals surface area (Å²) in [7, 11) is 0. The molecule has 1 saturated carbocycles. The SMILES string of the molecule is CC1CCC(CNc2cc(N)c(C#N)s2)C1. The second-order valence-electron chi connectivity index (χ2n) is 4.67. The summed E-state index contributed by atoms with van der Waals surface area (Å²) >= 11 is 1.45. The third-order valence-corrected chi connectivity index (χ3v) is 4.24. The number of nitriles is 1. The van der Waals surface area contributed by atoms with Crippen LogP contribution < -0.4 is 11.1 Å². The van der Waals surface area contributed by atoms with Crippen molar-refractivity contribution in [1.29, 1.82) is 5.26 Å². The topological polar surface area (TPSA) is 61.8 Å². The van der Waals surface area contributed by atoms with Gasteiger partial charge < -0.3 is 11.1 Å². The highest BCUT2D eigenvalue weighted by Crippen LogP contribution is 2.32. The summed E-state index contributed by atoms with van der Waals surface area (Å²) in [5.74, 6) is 1.65. The van der Waals surface area contributed by atoms with Gasteiger partial charge in [0, 0.05) is 6.54 Å². The lowest BCUT2D eigenvalue weighted by molar-refractivity contribution is 0.537. The van der Waals surface area contributed by atoms with E-state index in [0.29, 0.717) is 10.6 Å². The van der Waals surface area contributed by atoms with Crippen LogP contribution in [-0.4, -0.2) is 6.54 Å². The Morgan fingerprint density at radius 2 is 2.44 bits per heavy atom. The number of thiophene rings is 1. The van der Waals surface area contributed by atoms with Gasteiger partial charge in [-0.2, -0.15) is 5.26 Å². The van der Waals surface area contributed by atoms with E-state index in [2.05, 4.69) is 18.3 Å². The van der Waals surface area contributed by atoms with Crippen molar-refractivity contribution >= 4 is 22.0 Å². The number of nitrogen functional groups attached to an aromatic ring is 1. The molecule has 1 aromatic heterocycles. The van der Waals surface area contributed by atoms with Gasteiger partial charge in [-0.3, -0.25) is 0 Å². The van der Waals surface area contributed by atoms with Crippen LogP contribution in [-0.2, 0) is 0 Å². The van der Waals surface area contributed by atoms with Gasteiger partial charge in [-0.05, 0) is 30.7 Å². The molecule has 86 valence electrons. The molecule has 0 spiro atoms. The monoisotopic (exact) mass is 235 g/mol. The first-order valence-electron chi connectivity index (χ1n) is 5.72. The Morgan fingerprint density at radius 1 is 1.62 bits per heavy atom. The van der Waals surface area contributed by atoms with Crippen molar-refractivity contribution in [1.82, 2.24) is 0 Å². The van der Waals surface area contributed by atoms with E-state index in [9.17, 15) is 0 Å². The molecule has 1 aliphatic rings. The molecule has 2 rings (SSSR count). The third kappa shape index (κ3) is 2.48. The lowest BCUT2D eigenvalue weighted by Gasteiger charge is -2.10. The van der Waals surface area contributed by atoms with E-state index >= 15 is 0 Å². The van der Waals surface area contributed by atoms with Gasteiger partial charge in [-0.1, -0.05) is 13.3 Å². The van der Waals surface area contributed by atoms with Crippen LogP contribution in [0.3, 0.4) is 0 Å². The summed E-state index contributed by atoms with van der Waals surface area (Å²) in [6, 6.07) is 3.97. The number of nitrogens with zero attached hydrogens (tertiary/aromatic N) is 1. The van der Waals surface area contributed by atoms with E-state index in [1.165, 1.54) is 30.6 Å². The molecule has 16 heavy (non-hydrogen) atoms. The highest BCUT2D eigenvalue weighted by Gasteiger charge is 2.21. The van der Waals surface area contributed by atoms with Gasteiger partial charge in [0.1, 0.15) is 10.9 Å². The Labute approximate surface area is 100 Å². The van der Waals surface area contributed by atoms with Gasteiger partial charge in [0.25, 0.3) is 0 Å². The molecule has 0 saturated heterocycles. The molecule has 0 amide bonds. The smallest absolute Gasteiger partial charge is 0.129 e. The molecule has 1 aliphatic carbocycles. The number of hydrogen-bond donors (Lipinski definition) is 2. The minimum Gasteiger partial charge on any atom is -0.397 e. The second kappa shape index (κ2) is 4.75. The van der Waals surface area contributed by atoms with E-state index in [0.717, 1.165) is 23.4 Å². The molecule has 2 atom stereocenters. The van der Waals surface area contributed by atoms with E-state index in [1.807, 2.05) is 6.07 Å². The molecule has 1 heterocycles. The molecule has 0 bridgehead atoms. The van der Waals surface area contributed by atoms with Crippen LogP contribution >= 0.6 is 11.3 Å². The fourth-order valence-corrected chi connectivity index (χ4v) is 3.12. The molecule has 3 N–H and O–H groups in total. The zero-order chi connectivity index (χ0) is 11.5. The first-order valence-corrected chi connectivity index (χ1v) is 6.54. The van der Waals surface area contributed by atoms with Crippen molar-refractivity contribution in [2.75, 3.05) is 17.6 Å². The normalized spacial score (nSPS) is 24.2. The van der Waals surface area contributed by atoms with Gasteiger partial charge in [0.05, 0.1) is 10.7 Å². The van der Waals surface area contributed by atoms with Crippen LogP contribution in [0.25, 0.3) is 0 Å². The van der Waals surface area contributed by atoms with Crippen molar-refractivity contribution < 1.29 is 0 Å². The van der Waals surface area contributed by atoms with Crippen molar-refractivity contribution in [3.8, 4) is 6.07 Å². The van der Waals surface area contributed by atoms with Crippen LogP contribution in [0.2, 0.25) is 0 Å². The van der Waals surface area contributed by atoms with Crippen molar-refractivity contribution in [3.63, 3.8) is 0 Å². The Morgan fingerprint density at radius 3 is 3.00 bits per heavy atom. The summed E-state index contributed by atoms with van der Waals surface area (Å²) in [6.45, 7) is 3.33. The largest absolute Gasteiger partial charge is 0.397 e. The second-order valence-corrected chi connectivity index (χ2v) is 5.72. The summed E-state index contributed by atoms with van der Waals surface area (Å²) < 4.78 is 0. The molecule has 0 radical (unpaired) electrons. The Kier molecular flexibility index (Phi) is 3.35. The number of anilines is 2.